The lowest BCUT2D eigenvalue weighted by molar-refractivity contribution is -0.113. The smallest absolute Gasteiger partial charge is 0.268 e. The van der Waals surface area contributed by atoms with Crippen molar-refractivity contribution in [1.82, 2.24) is 0 Å². The fourth-order valence-electron chi connectivity index (χ4n) is 2.34. The van der Waals surface area contributed by atoms with Gasteiger partial charge in [-0.1, -0.05) is 54.3 Å². The van der Waals surface area contributed by atoms with Crippen LogP contribution in [0.4, 0.5) is 5.69 Å². The minimum absolute atomic E-state index is 0.0526. The maximum atomic E-state index is 12.7. The molecule has 0 radical (unpaired) electrons. The van der Waals surface area contributed by atoms with Gasteiger partial charge in [0.05, 0.1) is 10.6 Å². The lowest BCUT2D eigenvalue weighted by Gasteiger charge is -2.16. The number of hydrogen-bond acceptors (Lipinski definition) is 4. The van der Waals surface area contributed by atoms with Crippen LogP contribution in [-0.2, 0) is 4.79 Å². The van der Waals surface area contributed by atoms with Gasteiger partial charge in [0.2, 0.25) is 0 Å². The maximum absolute atomic E-state index is 12.7. The third-order valence-corrected chi connectivity index (χ3v) is 5.61. The highest BCUT2D eigenvalue weighted by atomic mass is 32.2. The SMILES string of the molecule is CSc1ccc(/C=C2\SC(=S)N(c3ccccc3C)C2=O)cc1. The summed E-state index contributed by atoms with van der Waals surface area (Å²) in [4.78, 5) is 16.2. The first-order valence-electron chi connectivity index (χ1n) is 7.08. The molecule has 2 aromatic carbocycles. The van der Waals surface area contributed by atoms with Crippen LogP contribution in [0.1, 0.15) is 11.1 Å². The number of hydrogen-bond donors (Lipinski definition) is 0. The fourth-order valence-corrected chi connectivity index (χ4v) is 4.03. The highest BCUT2D eigenvalue weighted by Gasteiger charge is 2.33. The summed E-state index contributed by atoms with van der Waals surface area (Å²) in [5, 5.41) is 0. The van der Waals surface area contributed by atoms with E-state index in [-0.39, 0.29) is 5.91 Å². The average molecular weight is 358 g/mol. The molecule has 116 valence electrons. The van der Waals surface area contributed by atoms with E-state index >= 15 is 0 Å². The summed E-state index contributed by atoms with van der Waals surface area (Å²) in [5.74, 6) is -0.0526. The first kappa shape index (κ1) is 16.3. The van der Waals surface area contributed by atoms with Gasteiger partial charge >= 0.3 is 0 Å². The summed E-state index contributed by atoms with van der Waals surface area (Å²) in [6.45, 7) is 1.98. The van der Waals surface area contributed by atoms with Crippen LogP contribution < -0.4 is 4.90 Å². The zero-order chi connectivity index (χ0) is 16.4. The maximum Gasteiger partial charge on any atom is 0.270 e. The van der Waals surface area contributed by atoms with E-state index in [2.05, 4.69) is 12.1 Å². The van der Waals surface area contributed by atoms with Crippen molar-refractivity contribution in [3.63, 3.8) is 0 Å². The normalized spacial score (nSPS) is 16.4. The Kier molecular flexibility index (Phi) is 4.90. The Labute approximate surface area is 150 Å². The van der Waals surface area contributed by atoms with Gasteiger partial charge in [-0.25, -0.2) is 0 Å². The lowest BCUT2D eigenvalue weighted by Crippen LogP contribution is -2.28. The van der Waals surface area contributed by atoms with Crippen LogP contribution in [0.3, 0.4) is 0 Å². The van der Waals surface area contributed by atoms with Gasteiger partial charge in [-0.3, -0.25) is 9.69 Å². The number of thiocarbonyl (C=S) groups is 1. The zero-order valence-corrected chi connectivity index (χ0v) is 15.2. The number of para-hydroxylation sites is 1. The first-order chi connectivity index (χ1) is 11.1. The number of carbonyl (C=O) groups is 1. The van der Waals surface area contributed by atoms with E-state index in [0.717, 1.165) is 16.8 Å². The predicted octanol–water partition coefficient (Wildman–Crippen LogP) is 5.12. The molecule has 1 amide bonds. The number of carbonyl (C=O) groups excluding carboxylic acids is 1. The summed E-state index contributed by atoms with van der Waals surface area (Å²) >= 11 is 8.47. The van der Waals surface area contributed by atoms with Crippen LogP contribution in [0.15, 0.2) is 58.3 Å². The molecule has 0 atom stereocenters. The second-order valence-electron chi connectivity index (χ2n) is 5.08. The summed E-state index contributed by atoms with van der Waals surface area (Å²) in [7, 11) is 0. The molecule has 3 rings (SSSR count). The molecule has 0 spiro atoms. The molecule has 1 saturated heterocycles. The van der Waals surface area contributed by atoms with Crippen LogP contribution in [0.2, 0.25) is 0 Å². The Balaban J connectivity index is 1.91. The van der Waals surface area contributed by atoms with Crippen molar-refractivity contribution in [1.29, 1.82) is 0 Å². The quantitative estimate of drug-likeness (QED) is 0.431. The van der Waals surface area contributed by atoms with E-state index in [1.807, 2.05) is 55.7 Å². The second-order valence-corrected chi connectivity index (χ2v) is 7.63. The van der Waals surface area contributed by atoms with E-state index in [0.29, 0.717) is 9.23 Å². The van der Waals surface area contributed by atoms with Crippen LogP contribution in [0.25, 0.3) is 6.08 Å². The summed E-state index contributed by atoms with van der Waals surface area (Å²) < 4.78 is 0.580. The molecule has 2 nitrogen and oxygen atoms in total. The van der Waals surface area contributed by atoms with Gasteiger partial charge < -0.3 is 0 Å². The number of benzene rings is 2. The van der Waals surface area contributed by atoms with Crippen LogP contribution in [-0.4, -0.2) is 16.5 Å². The number of thioether (sulfide) groups is 2. The third kappa shape index (κ3) is 3.37. The highest BCUT2D eigenvalue weighted by molar-refractivity contribution is 8.27. The first-order valence-corrected chi connectivity index (χ1v) is 9.53. The van der Waals surface area contributed by atoms with Crippen LogP contribution in [0.5, 0.6) is 0 Å². The van der Waals surface area contributed by atoms with Gasteiger partial charge in [0, 0.05) is 4.90 Å². The van der Waals surface area contributed by atoms with Crippen molar-refractivity contribution in [3.8, 4) is 0 Å². The molecular formula is C18H15NOS3. The van der Waals surface area contributed by atoms with E-state index in [1.165, 1.54) is 16.7 Å². The molecule has 1 heterocycles. The minimum Gasteiger partial charge on any atom is -0.268 e. The van der Waals surface area contributed by atoms with E-state index in [9.17, 15) is 4.79 Å². The van der Waals surface area contributed by atoms with Crippen molar-refractivity contribution in [2.24, 2.45) is 0 Å². The molecule has 0 aliphatic carbocycles. The molecule has 0 saturated carbocycles. The third-order valence-electron chi connectivity index (χ3n) is 3.56. The van der Waals surface area contributed by atoms with Gasteiger partial charge in [0.15, 0.2) is 4.32 Å². The standard InChI is InChI=1S/C18H15NOS3/c1-12-5-3-4-6-15(12)19-17(20)16(23-18(19)21)11-13-7-9-14(22-2)10-8-13/h3-11H,1-2H3/b16-11-. The Hall–Kier alpha value is -1.56. The molecule has 23 heavy (non-hydrogen) atoms. The number of anilines is 1. The van der Waals surface area contributed by atoms with E-state index < -0.39 is 0 Å². The topological polar surface area (TPSA) is 20.3 Å². The number of nitrogens with zero attached hydrogens (tertiary/aromatic N) is 1. The fraction of sp³-hybridized carbons (Fsp3) is 0.111. The molecule has 0 unspecified atom stereocenters. The Morgan fingerprint density at radius 2 is 1.83 bits per heavy atom. The van der Waals surface area contributed by atoms with Gasteiger partial charge in [0.1, 0.15) is 0 Å². The number of aryl methyl sites for hydroxylation is 1. The molecule has 0 aromatic heterocycles. The van der Waals surface area contributed by atoms with E-state index in [1.54, 1.807) is 16.7 Å². The predicted molar refractivity (Wildman–Crippen MR) is 105 cm³/mol. The monoisotopic (exact) mass is 357 g/mol. The minimum atomic E-state index is -0.0526. The number of amides is 1. The van der Waals surface area contributed by atoms with Crippen LogP contribution in [0, 0.1) is 6.92 Å². The Morgan fingerprint density at radius 1 is 1.13 bits per heavy atom. The summed E-state index contributed by atoms with van der Waals surface area (Å²) in [6.07, 6.45) is 3.95. The van der Waals surface area contributed by atoms with Crippen molar-refractivity contribution in [3.05, 3.63) is 64.6 Å². The lowest BCUT2D eigenvalue weighted by atomic mass is 10.1. The van der Waals surface area contributed by atoms with Gasteiger partial charge in [-0.05, 0) is 48.6 Å². The average Bonchev–Trinajstić information content (AvgIpc) is 2.83. The molecule has 1 aliphatic heterocycles. The van der Waals surface area contributed by atoms with Crippen molar-refractivity contribution < 1.29 is 4.79 Å². The molecule has 1 fully saturated rings. The van der Waals surface area contributed by atoms with Gasteiger partial charge in [-0.2, -0.15) is 0 Å². The molecular weight excluding hydrogens is 342 g/mol. The van der Waals surface area contributed by atoms with Crippen molar-refractivity contribution in [2.45, 2.75) is 11.8 Å². The zero-order valence-electron chi connectivity index (χ0n) is 12.8. The van der Waals surface area contributed by atoms with Gasteiger partial charge in [-0.15, -0.1) is 11.8 Å². The van der Waals surface area contributed by atoms with Crippen molar-refractivity contribution >= 4 is 57.7 Å². The van der Waals surface area contributed by atoms with Crippen molar-refractivity contribution in [2.75, 3.05) is 11.2 Å². The Morgan fingerprint density at radius 3 is 2.48 bits per heavy atom. The number of rotatable bonds is 3. The molecule has 0 bridgehead atoms. The largest absolute Gasteiger partial charge is 0.270 e. The molecule has 1 aliphatic rings. The van der Waals surface area contributed by atoms with Gasteiger partial charge in [0.25, 0.3) is 5.91 Å². The second kappa shape index (κ2) is 6.91. The summed E-state index contributed by atoms with van der Waals surface area (Å²) in [5.41, 5.74) is 2.90. The summed E-state index contributed by atoms with van der Waals surface area (Å²) in [6, 6.07) is 15.9. The van der Waals surface area contributed by atoms with E-state index in [4.69, 9.17) is 12.2 Å². The Bertz CT molecular complexity index is 796. The molecule has 0 N–H and O–H groups in total. The molecule has 5 heteroatoms. The van der Waals surface area contributed by atoms with Crippen LogP contribution >= 0.6 is 35.7 Å². The highest BCUT2D eigenvalue weighted by Crippen LogP contribution is 2.37. The molecule has 2 aromatic rings.